The predicted molar refractivity (Wildman–Crippen MR) is 56.6 cm³/mol. The van der Waals surface area contributed by atoms with Gasteiger partial charge in [0.05, 0.1) is 13.7 Å². The highest BCUT2D eigenvalue weighted by Crippen LogP contribution is 2.28. The summed E-state index contributed by atoms with van der Waals surface area (Å²) in [4.78, 5) is 4.54. The molecule has 0 amide bonds. The summed E-state index contributed by atoms with van der Waals surface area (Å²) in [6.45, 7) is 2.41. The van der Waals surface area contributed by atoms with E-state index in [1.54, 1.807) is 7.11 Å². The fraction of sp³-hybridized carbons (Fsp3) is 0.400. The van der Waals surface area contributed by atoms with Gasteiger partial charge in [0.25, 0.3) is 0 Å². The Kier molecular flexibility index (Phi) is 4.20. The van der Waals surface area contributed by atoms with Gasteiger partial charge in [-0.05, 0) is 24.6 Å². The SMILES string of the molecule is COc1ccc(Cl)c(C)c1CCON. The zero-order chi connectivity index (χ0) is 10.6. The van der Waals surface area contributed by atoms with Gasteiger partial charge in [0.15, 0.2) is 0 Å². The van der Waals surface area contributed by atoms with Gasteiger partial charge in [-0.25, -0.2) is 5.90 Å². The van der Waals surface area contributed by atoms with Crippen LogP contribution in [-0.4, -0.2) is 13.7 Å². The second-order valence-corrected chi connectivity index (χ2v) is 3.38. The summed E-state index contributed by atoms with van der Waals surface area (Å²) < 4.78 is 5.22. The predicted octanol–water partition coefficient (Wildman–Crippen LogP) is 2.09. The number of rotatable bonds is 4. The summed E-state index contributed by atoms with van der Waals surface area (Å²) in [6.07, 6.45) is 0.700. The van der Waals surface area contributed by atoms with Crippen LogP contribution in [0.1, 0.15) is 11.1 Å². The lowest BCUT2D eigenvalue weighted by atomic mass is 10.0. The maximum absolute atomic E-state index is 5.99. The topological polar surface area (TPSA) is 44.5 Å². The van der Waals surface area contributed by atoms with Gasteiger partial charge in [0, 0.05) is 17.0 Å². The molecule has 0 aliphatic heterocycles. The number of methoxy groups -OCH3 is 1. The first-order valence-electron chi connectivity index (χ1n) is 4.34. The van der Waals surface area contributed by atoms with E-state index in [-0.39, 0.29) is 0 Å². The quantitative estimate of drug-likeness (QED) is 0.783. The molecule has 0 radical (unpaired) electrons. The van der Waals surface area contributed by atoms with Gasteiger partial charge < -0.3 is 9.57 Å². The minimum absolute atomic E-state index is 0.456. The van der Waals surface area contributed by atoms with Crippen LogP contribution in [0.4, 0.5) is 0 Å². The van der Waals surface area contributed by atoms with E-state index in [0.717, 1.165) is 21.9 Å². The molecule has 0 bridgehead atoms. The van der Waals surface area contributed by atoms with Gasteiger partial charge in [-0.15, -0.1) is 0 Å². The van der Waals surface area contributed by atoms with Crippen LogP contribution in [0.25, 0.3) is 0 Å². The number of benzene rings is 1. The Hall–Kier alpha value is -0.770. The van der Waals surface area contributed by atoms with E-state index in [9.17, 15) is 0 Å². The first-order valence-corrected chi connectivity index (χ1v) is 4.72. The highest BCUT2D eigenvalue weighted by molar-refractivity contribution is 6.31. The molecule has 1 aromatic rings. The fourth-order valence-electron chi connectivity index (χ4n) is 1.37. The highest BCUT2D eigenvalue weighted by Gasteiger charge is 2.08. The van der Waals surface area contributed by atoms with Gasteiger partial charge in [-0.1, -0.05) is 11.6 Å². The maximum Gasteiger partial charge on any atom is 0.122 e. The van der Waals surface area contributed by atoms with Crippen LogP contribution in [0.5, 0.6) is 5.75 Å². The molecule has 2 N–H and O–H groups in total. The van der Waals surface area contributed by atoms with Crippen LogP contribution >= 0.6 is 11.6 Å². The lowest BCUT2D eigenvalue weighted by Gasteiger charge is -2.12. The van der Waals surface area contributed by atoms with Crippen molar-refractivity contribution < 1.29 is 9.57 Å². The lowest BCUT2D eigenvalue weighted by Crippen LogP contribution is -2.06. The third-order valence-corrected chi connectivity index (χ3v) is 2.59. The van der Waals surface area contributed by atoms with E-state index < -0.39 is 0 Å². The van der Waals surface area contributed by atoms with E-state index in [2.05, 4.69) is 4.84 Å². The number of halogens is 1. The molecule has 0 spiro atoms. The molecule has 4 heteroatoms. The van der Waals surface area contributed by atoms with Crippen molar-refractivity contribution in [2.24, 2.45) is 5.90 Å². The van der Waals surface area contributed by atoms with Crippen molar-refractivity contribution >= 4 is 11.6 Å². The monoisotopic (exact) mass is 215 g/mol. The molecular weight excluding hydrogens is 202 g/mol. The van der Waals surface area contributed by atoms with E-state index >= 15 is 0 Å². The smallest absolute Gasteiger partial charge is 0.122 e. The van der Waals surface area contributed by atoms with Crippen LogP contribution in [0.3, 0.4) is 0 Å². The third-order valence-electron chi connectivity index (χ3n) is 2.18. The standard InChI is InChI=1S/C10H14ClNO2/c1-7-8(5-6-14-12)10(13-2)4-3-9(7)11/h3-4H,5-6,12H2,1-2H3. The summed E-state index contributed by atoms with van der Waals surface area (Å²) in [5.74, 6) is 5.81. The first-order chi connectivity index (χ1) is 6.70. The molecule has 0 atom stereocenters. The van der Waals surface area contributed by atoms with Crippen LogP contribution in [-0.2, 0) is 11.3 Å². The van der Waals surface area contributed by atoms with Gasteiger partial charge in [-0.3, -0.25) is 0 Å². The molecule has 0 saturated heterocycles. The Morgan fingerprint density at radius 2 is 2.14 bits per heavy atom. The molecule has 14 heavy (non-hydrogen) atoms. The van der Waals surface area contributed by atoms with Crippen LogP contribution in [0.15, 0.2) is 12.1 Å². The van der Waals surface area contributed by atoms with Crippen molar-refractivity contribution in [3.8, 4) is 5.75 Å². The molecule has 1 aromatic carbocycles. The summed E-state index contributed by atoms with van der Waals surface area (Å²) in [6, 6.07) is 3.67. The molecular formula is C10H14ClNO2. The Bertz CT molecular complexity index is 315. The zero-order valence-corrected chi connectivity index (χ0v) is 9.10. The first kappa shape index (κ1) is 11.3. The maximum atomic E-state index is 5.99. The third kappa shape index (κ3) is 2.38. The van der Waals surface area contributed by atoms with E-state index in [4.69, 9.17) is 22.2 Å². The molecule has 0 heterocycles. The Balaban J connectivity index is 3.01. The van der Waals surface area contributed by atoms with Crippen LogP contribution in [0, 0.1) is 6.92 Å². The second-order valence-electron chi connectivity index (χ2n) is 2.97. The van der Waals surface area contributed by atoms with Gasteiger partial charge in [-0.2, -0.15) is 0 Å². The summed E-state index contributed by atoms with van der Waals surface area (Å²) in [7, 11) is 1.63. The molecule has 0 aromatic heterocycles. The number of ether oxygens (including phenoxy) is 1. The molecule has 0 unspecified atom stereocenters. The van der Waals surface area contributed by atoms with Crippen molar-refractivity contribution in [2.75, 3.05) is 13.7 Å². The van der Waals surface area contributed by atoms with Crippen molar-refractivity contribution in [3.05, 3.63) is 28.3 Å². The molecule has 3 nitrogen and oxygen atoms in total. The normalized spacial score (nSPS) is 10.3. The van der Waals surface area contributed by atoms with E-state index in [0.29, 0.717) is 13.0 Å². The molecule has 78 valence electrons. The van der Waals surface area contributed by atoms with Crippen molar-refractivity contribution in [2.45, 2.75) is 13.3 Å². The van der Waals surface area contributed by atoms with Gasteiger partial charge in [0.2, 0.25) is 0 Å². The average Bonchev–Trinajstić information content (AvgIpc) is 2.20. The summed E-state index contributed by atoms with van der Waals surface area (Å²) in [5, 5.41) is 0.734. The lowest BCUT2D eigenvalue weighted by molar-refractivity contribution is 0.140. The Labute approximate surface area is 88.7 Å². The number of hydrogen-bond donors (Lipinski definition) is 1. The molecule has 0 aliphatic rings. The van der Waals surface area contributed by atoms with Crippen molar-refractivity contribution in [1.29, 1.82) is 0 Å². The second kappa shape index (κ2) is 5.20. The highest BCUT2D eigenvalue weighted by atomic mass is 35.5. The molecule has 0 saturated carbocycles. The van der Waals surface area contributed by atoms with Crippen molar-refractivity contribution in [3.63, 3.8) is 0 Å². The number of hydrogen-bond acceptors (Lipinski definition) is 3. The zero-order valence-electron chi connectivity index (χ0n) is 8.34. The van der Waals surface area contributed by atoms with Crippen LogP contribution in [0.2, 0.25) is 5.02 Å². The summed E-state index contributed by atoms with van der Waals surface area (Å²) in [5.41, 5.74) is 2.06. The Morgan fingerprint density at radius 1 is 1.43 bits per heavy atom. The minimum atomic E-state index is 0.456. The molecule has 0 fully saturated rings. The van der Waals surface area contributed by atoms with Gasteiger partial charge >= 0.3 is 0 Å². The fourth-order valence-corrected chi connectivity index (χ4v) is 1.54. The summed E-state index contributed by atoms with van der Waals surface area (Å²) >= 11 is 5.99. The molecule has 0 aliphatic carbocycles. The molecule has 1 rings (SSSR count). The van der Waals surface area contributed by atoms with Crippen molar-refractivity contribution in [1.82, 2.24) is 0 Å². The average molecular weight is 216 g/mol. The number of nitrogens with two attached hydrogens (primary N) is 1. The van der Waals surface area contributed by atoms with E-state index in [1.165, 1.54) is 0 Å². The largest absolute Gasteiger partial charge is 0.496 e. The Morgan fingerprint density at radius 3 is 2.71 bits per heavy atom. The minimum Gasteiger partial charge on any atom is -0.496 e. The van der Waals surface area contributed by atoms with E-state index in [1.807, 2.05) is 19.1 Å². The van der Waals surface area contributed by atoms with Gasteiger partial charge in [0.1, 0.15) is 5.75 Å². The van der Waals surface area contributed by atoms with Crippen LogP contribution < -0.4 is 10.6 Å².